The summed E-state index contributed by atoms with van der Waals surface area (Å²) in [6.45, 7) is 1.32. The van der Waals surface area contributed by atoms with Crippen LogP contribution in [0.1, 0.15) is 27.4 Å². The predicted molar refractivity (Wildman–Crippen MR) is 70.3 cm³/mol. The maximum atomic E-state index is 11.6. The number of furan rings is 1. The van der Waals surface area contributed by atoms with E-state index in [2.05, 4.69) is 15.5 Å². The molecule has 1 amide bonds. The Morgan fingerprint density at radius 3 is 3.05 bits per heavy atom. The van der Waals surface area contributed by atoms with Gasteiger partial charge in [-0.05, 0) is 19.1 Å². The van der Waals surface area contributed by atoms with Crippen molar-refractivity contribution >= 4 is 12.1 Å². The normalized spacial score (nSPS) is 10.9. The van der Waals surface area contributed by atoms with E-state index in [1.165, 1.54) is 24.7 Å². The fourth-order valence-electron chi connectivity index (χ4n) is 1.54. The minimum atomic E-state index is -0.512. The second kappa shape index (κ2) is 5.98. The number of hydrogen-bond acceptors (Lipinski definition) is 6. The van der Waals surface area contributed by atoms with Crippen molar-refractivity contribution in [1.29, 1.82) is 0 Å². The second-order valence-electron chi connectivity index (χ2n) is 3.97. The van der Waals surface area contributed by atoms with E-state index in [1.807, 2.05) is 0 Å². The van der Waals surface area contributed by atoms with Crippen LogP contribution in [0.5, 0.6) is 5.75 Å². The highest BCUT2D eigenvalue weighted by Crippen LogP contribution is 2.21. The zero-order valence-electron chi connectivity index (χ0n) is 10.7. The van der Waals surface area contributed by atoms with Crippen molar-refractivity contribution in [2.75, 3.05) is 0 Å². The number of aliphatic hydroxyl groups is 1. The first-order chi connectivity index (χ1) is 9.63. The molecule has 0 aromatic carbocycles. The van der Waals surface area contributed by atoms with E-state index in [9.17, 15) is 15.0 Å². The van der Waals surface area contributed by atoms with Crippen molar-refractivity contribution < 1.29 is 19.4 Å². The van der Waals surface area contributed by atoms with Crippen molar-refractivity contribution in [3.63, 3.8) is 0 Å². The molecule has 0 radical (unpaired) electrons. The summed E-state index contributed by atoms with van der Waals surface area (Å²) >= 11 is 0. The average molecular weight is 275 g/mol. The third-order valence-electron chi connectivity index (χ3n) is 2.63. The highest BCUT2D eigenvalue weighted by atomic mass is 16.3. The number of aromatic hydroxyl groups is 1. The molecule has 0 aliphatic rings. The van der Waals surface area contributed by atoms with Gasteiger partial charge in [-0.3, -0.25) is 9.78 Å². The molecule has 3 N–H and O–H groups in total. The van der Waals surface area contributed by atoms with E-state index in [-0.39, 0.29) is 18.1 Å². The summed E-state index contributed by atoms with van der Waals surface area (Å²) in [4.78, 5) is 15.5. The Balaban J connectivity index is 2.15. The number of hydrogen-bond donors (Lipinski definition) is 3. The Bertz CT molecular complexity index is 635. The number of pyridine rings is 1. The van der Waals surface area contributed by atoms with Crippen LogP contribution in [0.15, 0.2) is 34.1 Å². The molecule has 0 unspecified atom stereocenters. The van der Waals surface area contributed by atoms with E-state index in [4.69, 9.17) is 4.42 Å². The molecule has 7 heteroatoms. The molecule has 0 spiro atoms. The van der Waals surface area contributed by atoms with E-state index in [1.54, 1.807) is 13.0 Å². The maximum Gasteiger partial charge on any atom is 0.307 e. The van der Waals surface area contributed by atoms with Crippen LogP contribution in [-0.2, 0) is 6.61 Å². The number of aliphatic hydroxyl groups excluding tert-OH is 1. The lowest BCUT2D eigenvalue weighted by atomic mass is 10.1. The van der Waals surface area contributed by atoms with Crippen LogP contribution in [0.3, 0.4) is 0 Å². The van der Waals surface area contributed by atoms with Gasteiger partial charge in [0.1, 0.15) is 5.75 Å². The van der Waals surface area contributed by atoms with Gasteiger partial charge in [-0.2, -0.15) is 5.10 Å². The summed E-state index contributed by atoms with van der Waals surface area (Å²) in [7, 11) is 0. The first-order valence-corrected chi connectivity index (χ1v) is 5.78. The van der Waals surface area contributed by atoms with Gasteiger partial charge in [0, 0.05) is 17.3 Å². The standard InChI is InChI=1S/C13H13N3O4/c1-8-12(18)10(9(7-17)5-14-8)6-15-16-13(19)11-3-2-4-20-11/h2-6,17-18H,7H2,1H3,(H,16,19)/b15-6+. The van der Waals surface area contributed by atoms with E-state index < -0.39 is 5.91 Å². The van der Waals surface area contributed by atoms with Gasteiger partial charge in [-0.1, -0.05) is 0 Å². The van der Waals surface area contributed by atoms with Crippen LogP contribution in [0.2, 0.25) is 0 Å². The van der Waals surface area contributed by atoms with Crippen molar-refractivity contribution in [3.8, 4) is 5.75 Å². The summed E-state index contributed by atoms with van der Waals surface area (Å²) in [6, 6.07) is 3.08. The van der Waals surface area contributed by atoms with Gasteiger partial charge in [0.05, 0.1) is 24.8 Å². The lowest BCUT2D eigenvalue weighted by Gasteiger charge is -2.06. The summed E-state index contributed by atoms with van der Waals surface area (Å²) in [5.41, 5.74) is 3.37. The minimum Gasteiger partial charge on any atom is -0.505 e. The molecule has 7 nitrogen and oxygen atoms in total. The van der Waals surface area contributed by atoms with Gasteiger partial charge in [0.25, 0.3) is 0 Å². The third kappa shape index (κ3) is 2.83. The molecule has 2 heterocycles. The zero-order valence-corrected chi connectivity index (χ0v) is 10.7. The molecule has 2 aromatic heterocycles. The number of nitrogens with one attached hydrogen (secondary N) is 1. The molecule has 0 saturated heterocycles. The molecule has 0 bridgehead atoms. The van der Waals surface area contributed by atoms with Crippen LogP contribution in [0.4, 0.5) is 0 Å². The Kier molecular flexibility index (Phi) is 4.11. The molecule has 104 valence electrons. The minimum absolute atomic E-state index is 0.0902. The summed E-state index contributed by atoms with van der Waals surface area (Å²) in [6.07, 6.45) is 4.06. The quantitative estimate of drug-likeness (QED) is 0.568. The molecule has 0 saturated carbocycles. The van der Waals surface area contributed by atoms with Crippen molar-refractivity contribution in [3.05, 3.63) is 47.2 Å². The lowest BCUT2D eigenvalue weighted by Crippen LogP contribution is -2.17. The topological polar surface area (TPSA) is 108 Å². The molecule has 2 rings (SSSR count). The number of rotatable bonds is 4. The van der Waals surface area contributed by atoms with E-state index in [0.29, 0.717) is 16.8 Å². The monoisotopic (exact) mass is 275 g/mol. The number of nitrogens with zero attached hydrogens (tertiary/aromatic N) is 2. The lowest BCUT2D eigenvalue weighted by molar-refractivity contribution is 0.0927. The number of hydrazone groups is 1. The average Bonchev–Trinajstić information content (AvgIpc) is 2.97. The van der Waals surface area contributed by atoms with Gasteiger partial charge in [-0.25, -0.2) is 5.43 Å². The van der Waals surface area contributed by atoms with Crippen LogP contribution < -0.4 is 5.43 Å². The van der Waals surface area contributed by atoms with Crippen LogP contribution >= 0.6 is 0 Å². The number of carbonyl (C=O) groups is 1. The fraction of sp³-hybridized carbons (Fsp3) is 0.154. The maximum absolute atomic E-state index is 11.6. The molecule has 2 aromatic rings. The Morgan fingerprint density at radius 2 is 2.40 bits per heavy atom. The number of carbonyl (C=O) groups excluding carboxylic acids is 1. The van der Waals surface area contributed by atoms with Gasteiger partial charge in [0.15, 0.2) is 5.76 Å². The van der Waals surface area contributed by atoms with E-state index >= 15 is 0 Å². The summed E-state index contributed by atoms with van der Waals surface area (Å²) in [5.74, 6) is -0.478. The van der Waals surface area contributed by atoms with Crippen molar-refractivity contribution in [2.45, 2.75) is 13.5 Å². The van der Waals surface area contributed by atoms with Crippen molar-refractivity contribution in [2.24, 2.45) is 5.10 Å². The molecule has 0 fully saturated rings. The van der Waals surface area contributed by atoms with Gasteiger partial charge in [0.2, 0.25) is 0 Å². The van der Waals surface area contributed by atoms with Crippen molar-refractivity contribution in [1.82, 2.24) is 10.4 Å². The smallest absolute Gasteiger partial charge is 0.307 e. The van der Waals surface area contributed by atoms with Gasteiger partial charge < -0.3 is 14.6 Å². The number of amides is 1. The molecule has 0 atom stereocenters. The summed E-state index contributed by atoms with van der Waals surface area (Å²) in [5, 5.41) is 22.8. The molecule has 20 heavy (non-hydrogen) atoms. The largest absolute Gasteiger partial charge is 0.505 e. The first-order valence-electron chi connectivity index (χ1n) is 5.78. The Morgan fingerprint density at radius 1 is 1.60 bits per heavy atom. The molecule has 0 aliphatic carbocycles. The predicted octanol–water partition coefficient (Wildman–Crippen LogP) is 0.945. The molecular weight excluding hydrogens is 262 g/mol. The van der Waals surface area contributed by atoms with Crippen LogP contribution in [-0.4, -0.2) is 27.3 Å². The summed E-state index contributed by atoms with van der Waals surface area (Å²) < 4.78 is 4.90. The second-order valence-corrected chi connectivity index (χ2v) is 3.97. The highest BCUT2D eigenvalue weighted by Gasteiger charge is 2.10. The number of aryl methyl sites for hydroxylation is 1. The van der Waals surface area contributed by atoms with E-state index in [0.717, 1.165) is 0 Å². The first kappa shape index (κ1) is 13.8. The Hall–Kier alpha value is -2.67. The molecule has 0 aliphatic heterocycles. The molecular formula is C13H13N3O4. The SMILES string of the molecule is Cc1ncc(CO)c(/C=N/NC(=O)c2ccco2)c1O. The fourth-order valence-corrected chi connectivity index (χ4v) is 1.54. The van der Waals surface area contributed by atoms with Gasteiger partial charge >= 0.3 is 5.91 Å². The third-order valence-corrected chi connectivity index (χ3v) is 2.63. The number of aromatic nitrogens is 1. The highest BCUT2D eigenvalue weighted by molar-refractivity contribution is 5.93. The van der Waals surface area contributed by atoms with Gasteiger partial charge in [-0.15, -0.1) is 0 Å². The zero-order chi connectivity index (χ0) is 14.5. The van der Waals surface area contributed by atoms with Crippen LogP contribution in [0, 0.1) is 6.92 Å². The van der Waals surface area contributed by atoms with Crippen LogP contribution in [0.25, 0.3) is 0 Å². The Labute approximate surface area is 114 Å².